The molecule has 1 atom stereocenters. The van der Waals surface area contributed by atoms with Gasteiger partial charge < -0.3 is 10.4 Å². The third-order valence-electron chi connectivity index (χ3n) is 1.65. The second kappa shape index (κ2) is 4.71. The fourth-order valence-corrected chi connectivity index (χ4v) is 0.918. The number of aromatic amines is 1. The highest BCUT2D eigenvalue weighted by Gasteiger charge is 2.10. The number of aliphatic hydroxyl groups excluding tert-OH is 1. The van der Waals surface area contributed by atoms with Crippen molar-refractivity contribution in [3.8, 4) is 0 Å². The molecule has 14 heavy (non-hydrogen) atoms. The lowest BCUT2D eigenvalue weighted by molar-refractivity contribution is 0.0935. The van der Waals surface area contributed by atoms with E-state index in [-0.39, 0.29) is 11.7 Å². The zero-order valence-corrected chi connectivity index (χ0v) is 8.24. The largest absolute Gasteiger partial charge is 0.393 e. The van der Waals surface area contributed by atoms with Crippen molar-refractivity contribution in [1.82, 2.24) is 20.5 Å². The normalized spacial score (nSPS) is 12.5. The third-order valence-corrected chi connectivity index (χ3v) is 1.65. The lowest BCUT2D eigenvalue weighted by Gasteiger charge is -2.03. The Bertz CT molecular complexity index is 308. The molecule has 0 bridgehead atoms. The first-order valence-corrected chi connectivity index (χ1v) is 4.45. The van der Waals surface area contributed by atoms with Crippen LogP contribution in [0, 0.1) is 6.92 Å². The number of aryl methyl sites for hydroxylation is 1. The molecule has 1 amide bonds. The summed E-state index contributed by atoms with van der Waals surface area (Å²) in [6.45, 7) is 3.81. The van der Waals surface area contributed by atoms with E-state index in [1.165, 1.54) is 0 Å². The highest BCUT2D eigenvalue weighted by Crippen LogP contribution is 1.91. The number of nitrogens with one attached hydrogen (secondary N) is 2. The van der Waals surface area contributed by atoms with Gasteiger partial charge in [-0.15, -0.1) is 5.10 Å². The molecule has 0 saturated heterocycles. The summed E-state index contributed by atoms with van der Waals surface area (Å²) in [4.78, 5) is 15.2. The van der Waals surface area contributed by atoms with Crippen LogP contribution in [0.25, 0.3) is 0 Å². The summed E-state index contributed by atoms with van der Waals surface area (Å²) in [7, 11) is 0. The van der Waals surface area contributed by atoms with E-state index in [1.54, 1.807) is 13.8 Å². The van der Waals surface area contributed by atoms with Crippen LogP contribution in [-0.2, 0) is 0 Å². The Morgan fingerprint density at radius 3 is 2.93 bits per heavy atom. The van der Waals surface area contributed by atoms with Gasteiger partial charge in [0.15, 0.2) is 0 Å². The lowest BCUT2D eigenvalue weighted by atomic mass is 10.3. The molecule has 0 radical (unpaired) electrons. The van der Waals surface area contributed by atoms with Crippen LogP contribution in [0.2, 0.25) is 0 Å². The van der Waals surface area contributed by atoms with Crippen molar-refractivity contribution in [3.63, 3.8) is 0 Å². The van der Waals surface area contributed by atoms with Crippen molar-refractivity contribution < 1.29 is 9.90 Å². The Labute approximate surface area is 81.7 Å². The van der Waals surface area contributed by atoms with Gasteiger partial charge in [0.25, 0.3) is 5.91 Å². The molecule has 0 aliphatic heterocycles. The van der Waals surface area contributed by atoms with Crippen molar-refractivity contribution in [3.05, 3.63) is 11.6 Å². The Morgan fingerprint density at radius 1 is 1.71 bits per heavy atom. The smallest absolute Gasteiger partial charge is 0.290 e. The fourth-order valence-electron chi connectivity index (χ4n) is 0.918. The van der Waals surface area contributed by atoms with E-state index in [0.717, 1.165) is 0 Å². The van der Waals surface area contributed by atoms with Gasteiger partial charge in [-0.25, -0.2) is 4.98 Å². The third kappa shape index (κ3) is 3.14. The standard InChI is InChI=1S/C8H14N4O2/c1-5(13)3-4-9-8(14)7-10-6(2)11-12-7/h5,13H,3-4H2,1-2H3,(H,9,14)(H,10,11,12). The number of carbonyl (C=O) groups is 1. The molecule has 0 spiro atoms. The Morgan fingerprint density at radius 2 is 2.43 bits per heavy atom. The Hall–Kier alpha value is -1.43. The molecule has 0 fully saturated rings. The van der Waals surface area contributed by atoms with Crippen molar-refractivity contribution in [2.24, 2.45) is 0 Å². The summed E-state index contributed by atoms with van der Waals surface area (Å²) in [5, 5.41) is 17.8. The number of nitrogens with zero attached hydrogens (tertiary/aromatic N) is 2. The van der Waals surface area contributed by atoms with Crippen LogP contribution in [0.4, 0.5) is 0 Å². The van der Waals surface area contributed by atoms with E-state index in [2.05, 4.69) is 20.5 Å². The number of carbonyl (C=O) groups excluding carboxylic acids is 1. The number of rotatable bonds is 4. The number of amides is 1. The van der Waals surface area contributed by atoms with Crippen LogP contribution < -0.4 is 5.32 Å². The first kappa shape index (κ1) is 10.6. The zero-order valence-electron chi connectivity index (χ0n) is 8.24. The van der Waals surface area contributed by atoms with E-state index in [0.29, 0.717) is 18.8 Å². The molecule has 1 aromatic rings. The highest BCUT2D eigenvalue weighted by atomic mass is 16.3. The molecule has 0 aliphatic rings. The maximum absolute atomic E-state index is 11.3. The van der Waals surface area contributed by atoms with Crippen molar-refractivity contribution in [1.29, 1.82) is 0 Å². The minimum atomic E-state index is -0.413. The van der Waals surface area contributed by atoms with Crippen molar-refractivity contribution in [2.75, 3.05) is 6.54 Å². The van der Waals surface area contributed by atoms with Gasteiger partial charge in [-0.1, -0.05) is 0 Å². The van der Waals surface area contributed by atoms with E-state index in [4.69, 9.17) is 5.11 Å². The zero-order chi connectivity index (χ0) is 10.6. The van der Waals surface area contributed by atoms with Gasteiger partial charge in [-0.2, -0.15) is 0 Å². The van der Waals surface area contributed by atoms with E-state index in [1.807, 2.05) is 0 Å². The number of aliphatic hydroxyl groups is 1. The fraction of sp³-hybridized carbons (Fsp3) is 0.625. The predicted molar refractivity (Wildman–Crippen MR) is 49.8 cm³/mol. The Balaban J connectivity index is 2.36. The predicted octanol–water partition coefficient (Wildman–Crippen LogP) is -0.386. The van der Waals surface area contributed by atoms with Crippen LogP contribution in [0.1, 0.15) is 29.8 Å². The summed E-state index contributed by atoms with van der Waals surface area (Å²) in [5.74, 6) is 0.411. The SMILES string of the molecule is Cc1nc(C(=O)NCCC(C)O)n[nH]1. The lowest BCUT2D eigenvalue weighted by Crippen LogP contribution is -2.27. The summed E-state index contributed by atoms with van der Waals surface area (Å²) in [5.41, 5.74) is 0. The highest BCUT2D eigenvalue weighted by molar-refractivity contribution is 5.90. The van der Waals surface area contributed by atoms with Gasteiger partial charge in [-0.3, -0.25) is 9.89 Å². The van der Waals surface area contributed by atoms with Gasteiger partial charge in [-0.05, 0) is 20.3 Å². The molecule has 1 heterocycles. The number of H-pyrrole nitrogens is 1. The summed E-state index contributed by atoms with van der Waals surface area (Å²) in [6.07, 6.45) is 0.110. The van der Waals surface area contributed by atoms with Crippen LogP contribution >= 0.6 is 0 Å². The van der Waals surface area contributed by atoms with E-state index >= 15 is 0 Å². The van der Waals surface area contributed by atoms with E-state index in [9.17, 15) is 4.79 Å². The summed E-state index contributed by atoms with van der Waals surface area (Å²) < 4.78 is 0. The van der Waals surface area contributed by atoms with Crippen molar-refractivity contribution >= 4 is 5.91 Å². The maximum atomic E-state index is 11.3. The molecule has 0 saturated carbocycles. The van der Waals surface area contributed by atoms with Crippen LogP contribution in [0.5, 0.6) is 0 Å². The minimum absolute atomic E-state index is 0.132. The van der Waals surface area contributed by atoms with Gasteiger partial charge in [0.05, 0.1) is 6.10 Å². The van der Waals surface area contributed by atoms with Gasteiger partial charge >= 0.3 is 0 Å². The molecule has 0 aromatic carbocycles. The van der Waals surface area contributed by atoms with Gasteiger partial charge in [0.1, 0.15) is 5.82 Å². The van der Waals surface area contributed by atoms with Gasteiger partial charge in [0.2, 0.25) is 5.82 Å². The molecule has 1 unspecified atom stereocenters. The number of hydrogen-bond donors (Lipinski definition) is 3. The van der Waals surface area contributed by atoms with Gasteiger partial charge in [0, 0.05) is 6.54 Å². The molecule has 0 aliphatic carbocycles. The molecular formula is C8H14N4O2. The van der Waals surface area contributed by atoms with Crippen LogP contribution in [-0.4, -0.2) is 38.8 Å². The monoisotopic (exact) mass is 198 g/mol. The molecule has 6 nitrogen and oxygen atoms in total. The number of aromatic nitrogens is 3. The summed E-state index contributed by atoms with van der Waals surface area (Å²) in [6, 6.07) is 0. The molecular weight excluding hydrogens is 184 g/mol. The first-order valence-electron chi connectivity index (χ1n) is 4.45. The minimum Gasteiger partial charge on any atom is -0.393 e. The quantitative estimate of drug-likeness (QED) is 0.614. The average molecular weight is 198 g/mol. The number of hydrogen-bond acceptors (Lipinski definition) is 4. The second-order valence-corrected chi connectivity index (χ2v) is 3.14. The molecule has 1 aromatic heterocycles. The first-order chi connectivity index (χ1) is 6.59. The van der Waals surface area contributed by atoms with Crippen molar-refractivity contribution in [2.45, 2.75) is 26.4 Å². The molecule has 1 rings (SSSR count). The average Bonchev–Trinajstić information content (AvgIpc) is 2.51. The second-order valence-electron chi connectivity index (χ2n) is 3.14. The van der Waals surface area contributed by atoms with E-state index < -0.39 is 6.10 Å². The molecule has 3 N–H and O–H groups in total. The Kier molecular flexibility index (Phi) is 3.58. The summed E-state index contributed by atoms with van der Waals surface area (Å²) >= 11 is 0. The molecule has 6 heteroatoms. The molecule has 78 valence electrons. The van der Waals surface area contributed by atoms with Crippen LogP contribution in [0.3, 0.4) is 0 Å². The van der Waals surface area contributed by atoms with Crippen LogP contribution in [0.15, 0.2) is 0 Å². The topological polar surface area (TPSA) is 90.9 Å². The maximum Gasteiger partial charge on any atom is 0.290 e.